The van der Waals surface area contributed by atoms with E-state index in [9.17, 15) is 25.5 Å². The molecule has 6 atom stereocenters. The van der Waals surface area contributed by atoms with E-state index in [0.717, 1.165) is 5.56 Å². The molecule has 6 unspecified atom stereocenters. The van der Waals surface area contributed by atoms with Gasteiger partial charge < -0.3 is 44.5 Å². The van der Waals surface area contributed by atoms with E-state index in [1.165, 1.54) is 0 Å². The van der Waals surface area contributed by atoms with Crippen molar-refractivity contribution in [3.8, 4) is 11.5 Å². The highest BCUT2D eigenvalue weighted by Crippen LogP contribution is 2.35. The summed E-state index contributed by atoms with van der Waals surface area (Å²) in [4.78, 5) is 0. The summed E-state index contributed by atoms with van der Waals surface area (Å²) in [5.74, 6) is 0.765. The van der Waals surface area contributed by atoms with E-state index in [4.69, 9.17) is 18.9 Å². The highest BCUT2D eigenvalue weighted by molar-refractivity contribution is 5.45. The zero-order valence-electron chi connectivity index (χ0n) is 13.4. The van der Waals surface area contributed by atoms with Crippen LogP contribution in [-0.2, 0) is 9.47 Å². The summed E-state index contributed by atoms with van der Waals surface area (Å²) in [5, 5.41) is 48.3. The minimum Gasteiger partial charge on any atom is -0.454 e. The Hall–Kier alpha value is -1.46. The molecule has 0 aliphatic carbocycles. The number of hydrogen-bond acceptors (Lipinski definition) is 9. The maximum absolute atomic E-state index is 9.96. The fourth-order valence-corrected chi connectivity index (χ4v) is 2.84. The second kappa shape index (κ2) is 7.83. The number of hydrogen-bond donors (Lipinski definition) is 5. The van der Waals surface area contributed by atoms with Crippen LogP contribution in [0.25, 0.3) is 0 Å². The molecule has 1 aromatic carbocycles. The zero-order valence-corrected chi connectivity index (χ0v) is 13.4. The van der Waals surface area contributed by atoms with Crippen LogP contribution >= 0.6 is 0 Å². The lowest BCUT2D eigenvalue weighted by Crippen LogP contribution is -2.59. The van der Waals surface area contributed by atoms with Gasteiger partial charge in [0.15, 0.2) is 17.8 Å². The lowest BCUT2D eigenvalue weighted by Gasteiger charge is -2.39. The molecule has 2 aliphatic rings. The van der Waals surface area contributed by atoms with Crippen molar-refractivity contribution in [1.82, 2.24) is 0 Å². The highest BCUT2D eigenvalue weighted by Gasteiger charge is 2.44. The summed E-state index contributed by atoms with van der Waals surface area (Å²) < 4.78 is 21.3. The van der Waals surface area contributed by atoms with E-state index in [0.29, 0.717) is 11.5 Å². The number of rotatable bonds is 6. The summed E-state index contributed by atoms with van der Waals surface area (Å²) in [7, 11) is 0. The first kappa shape index (κ1) is 18.3. The minimum atomic E-state index is -1.51. The number of aliphatic hydroxyl groups is 5. The van der Waals surface area contributed by atoms with Crippen molar-refractivity contribution >= 4 is 0 Å². The third-order valence-electron chi connectivity index (χ3n) is 4.40. The smallest absolute Gasteiger partial charge is 0.231 e. The first-order valence-corrected chi connectivity index (χ1v) is 7.97. The fraction of sp³-hybridized carbons (Fsp3) is 0.625. The average molecular weight is 358 g/mol. The molecule has 0 saturated carbocycles. The van der Waals surface area contributed by atoms with Gasteiger partial charge >= 0.3 is 0 Å². The Bertz CT molecular complexity index is 579. The summed E-state index contributed by atoms with van der Waals surface area (Å²) in [6, 6.07) is 5.24. The molecule has 0 amide bonds. The Kier molecular flexibility index (Phi) is 5.74. The van der Waals surface area contributed by atoms with Gasteiger partial charge in [-0.1, -0.05) is 6.07 Å². The first-order chi connectivity index (χ1) is 12.0. The molecule has 25 heavy (non-hydrogen) atoms. The lowest BCUT2D eigenvalue weighted by molar-refractivity contribution is -0.302. The van der Waals surface area contributed by atoms with Crippen LogP contribution in [0.3, 0.4) is 0 Å². The van der Waals surface area contributed by atoms with Crippen molar-refractivity contribution < 1.29 is 44.5 Å². The van der Waals surface area contributed by atoms with Crippen molar-refractivity contribution in [3.63, 3.8) is 0 Å². The standard InChI is InChI=1S/C16H22O9/c17-4-9(8-1-2-10-11(3-8)24-7-23-10)6-22-16-15(21)14(20)13(19)12(5-18)25-16/h1-3,9,12-21H,4-7H2. The van der Waals surface area contributed by atoms with Gasteiger partial charge in [0.2, 0.25) is 6.79 Å². The molecule has 2 heterocycles. The molecule has 1 fully saturated rings. The monoisotopic (exact) mass is 358 g/mol. The van der Waals surface area contributed by atoms with Crippen LogP contribution in [0.1, 0.15) is 11.5 Å². The molecule has 9 heteroatoms. The topological polar surface area (TPSA) is 138 Å². The Morgan fingerprint density at radius 2 is 1.80 bits per heavy atom. The van der Waals surface area contributed by atoms with Crippen molar-refractivity contribution in [2.24, 2.45) is 0 Å². The minimum absolute atomic E-state index is 0.0150. The largest absolute Gasteiger partial charge is 0.454 e. The van der Waals surface area contributed by atoms with Crippen LogP contribution in [0.2, 0.25) is 0 Å². The van der Waals surface area contributed by atoms with Gasteiger partial charge in [-0.2, -0.15) is 0 Å². The molecule has 0 spiro atoms. The van der Waals surface area contributed by atoms with Gasteiger partial charge in [0.25, 0.3) is 0 Å². The van der Waals surface area contributed by atoms with E-state index >= 15 is 0 Å². The Morgan fingerprint density at radius 1 is 1.04 bits per heavy atom. The second-order valence-corrected chi connectivity index (χ2v) is 6.02. The maximum atomic E-state index is 9.96. The van der Waals surface area contributed by atoms with Crippen LogP contribution < -0.4 is 9.47 Å². The lowest BCUT2D eigenvalue weighted by atomic mass is 9.98. The van der Waals surface area contributed by atoms with Gasteiger partial charge in [-0.05, 0) is 17.7 Å². The predicted octanol–water partition coefficient (Wildman–Crippen LogP) is -1.69. The molecule has 140 valence electrons. The van der Waals surface area contributed by atoms with E-state index in [1.54, 1.807) is 18.2 Å². The Labute approximate surface area is 143 Å². The van der Waals surface area contributed by atoms with Crippen molar-refractivity contribution in [2.75, 3.05) is 26.6 Å². The van der Waals surface area contributed by atoms with Gasteiger partial charge in [0.05, 0.1) is 19.8 Å². The number of aliphatic hydroxyl groups excluding tert-OH is 5. The van der Waals surface area contributed by atoms with Crippen LogP contribution in [0.4, 0.5) is 0 Å². The molecule has 0 radical (unpaired) electrons. The van der Waals surface area contributed by atoms with E-state index in [1.807, 2.05) is 0 Å². The average Bonchev–Trinajstić information content (AvgIpc) is 3.10. The van der Waals surface area contributed by atoms with Crippen LogP contribution in [0.5, 0.6) is 11.5 Å². The summed E-state index contributed by atoms with van der Waals surface area (Å²) in [5.41, 5.74) is 0.747. The van der Waals surface area contributed by atoms with Crippen LogP contribution in [-0.4, -0.2) is 82.9 Å². The molecule has 5 N–H and O–H groups in total. The fourth-order valence-electron chi connectivity index (χ4n) is 2.84. The van der Waals surface area contributed by atoms with Gasteiger partial charge in [-0.3, -0.25) is 0 Å². The van der Waals surface area contributed by atoms with Crippen molar-refractivity contribution in [1.29, 1.82) is 0 Å². The van der Waals surface area contributed by atoms with Gasteiger partial charge in [-0.15, -0.1) is 0 Å². The first-order valence-electron chi connectivity index (χ1n) is 7.97. The van der Waals surface area contributed by atoms with Gasteiger partial charge in [0.1, 0.15) is 24.4 Å². The summed E-state index contributed by atoms with van der Waals surface area (Å²) >= 11 is 0. The second-order valence-electron chi connectivity index (χ2n) is 6.02. The van der Waals surface area contributed by atoms with Gasteiger partial charge in [-0.25, -0.2) is 0 Å². The normalized spacial score (nSPS) is 32.6. The van der Waals surface area contributed by atoms with Crippen LogP contribution in [0, 0.1) is 0 Å². The molecule has 0 bridgehead atoms. The quantitative estimate of drug-likeness (QED) is 0.403. The van der Waals surface area contributed by atoms with E-state index in [2.05, 4.69) is 0 Å². The molecule has 3 rings (SSSR count). The molecule has 0 aromatic heterocycles. The van der Waals surface area contributed by atoms with E-state index < -0.39 is 43.2 Å². The Balaban J connectivity index is 1.64. The number of ether oxygens (including phenoxy) is 4. The number of fused-ring (bicyclic) bond motifs is 1. The summed E-state index contributed by atoms with van der Waals surface area (Å²) in [6.07, 6.45) is -6.70. The highest BCUT2D eigenvalue weighted by atomic mass is 16.7. The third-order valence-corrected chi connectivity index (χ3v) is 4.40. The molecular weight excluding hydrogens is 336 g/mol. The zero-order chi connectivity index (χ0) is 18.0. The van der Waals surface area contributed by atoms with E-state index in [-0.39, 0.29) is 20.0 Å². The Morgan fingerprint density at radius 3 is 2.52 bits per heavy atom. The third kappa shape index (κ3) is 3.72. The molecule has 2 aliphatic heterocycles. The van der Waals surface area contributed by atoms with Crippen molar-refractivity contribution in [2.45, 2.75) is 36.6 Å². The number of benzene rings is 1. The van der Waals surface area contributed by atoms with Crippen LogP contribution in [0.15, 0.2) is 18.2 Å². The molecule has 1 aromatic rings. The summed E-state index contributed by atoms with van der Waals surface area (Å²) in [6.45, 7) is -0.629. The molecule has 1 saturated heterocycles. The maximum Gasteiger partial charge on any atom is 0.231 e. The van der Waals surface area contributed by atoms with Gasteiger partial charge in [0, 0.05) is 5.92 Å². The van der Waals surface area contributed by atoms with Crippen molar-refractivity contribution in [3.05, 3.63) is 23.8 Å². The molecular formula is C16H22O9. The predicted molar refractivity (Wildman–Crippen MR) is 82.1 cm³/mol. The molecule has 9 nitrogen and oxygen atoms in total. The SMILES string of the molecule is OCC(COC1OC(CO)C(O)C(O)C1O)c1ccc2c(c1)OCO2.